The van der Waals surface area contributed by atoms with Gasteiger partial charge in [-0.1, -0.05) is 25.2 Å². The van der Waals surface area contributed by atoms with Crippen LogP contribution in [0.25, 0.3) is 0 Å². The Kier molecular flexibility index (Phi) is 4.55. The molecule has 1 aliphatic carbocycles. The molecule has 0 aromatic heterocycles. The summed E-state index contributed by atoms with van der Waals surface area (Å²) in [5.41, 5.74) is -0.974. The molecule has 20 heavy (non-hydrogen) atoms. The molecule has 2 nitrogen and oxygen atoms in total. The monoisotopic (exact) mass is 302 g/mol. The van der Waals surface area contributed by atoms with Gasteiger partial charge in [0.05, 0.1) is 17.4 Å². The van der Waals surface area contributed by atoms with E-state index in [2.05, 4.69) is 0 Å². The highest BCUT2D eigenvalue weighted by Gasteiger charge is 2.47. The van der Waals surface area contributed by atoms with Crippen molar-refractivity contribution in [2.24, 2.45) is 17.8 Å². The minimum atomic E-state index is -4.72. The van der Waals surface area contributed by atoms with Crippen LogP contribution in [0.2, 0.25) is 0 Å². The Morgan fingerprint density at radius 1 is 1.30 bits per heavy atom. The maximum Gasteiger partial charge on any atom is 0.416 e. The molecule has 0 bridgehead atoms. The van der Waals surface area contributed by atoms with E-state index in [1.807, 2.05) is 0 Å². The highest BCUT2D eigenvalue weighted by atomic mass is 19.4. The van der Waals surface area contributed by atoms with E-state index in [9.17, 15) is 31.1 Å². The molecule has 1 rings (SSSR count). The average Bonchev–Trinajstić information content (AvgIpc) is 2.26. The van der Waals surface area contributed by atoms with Gasteiger partial charge in [-0.3, -0.25) is 4.79 Å². The van der Waals surface area contributed by atoms with Gasteiger partial charge in [0.2, 0.25) is 0 Å². The van der Waals surface area contributed by atoms with Gasteiger partial charge in [-0.25, -0.2) is 0 Å². The van der Waals surface area contributed by atoms with Crippen molar-refractivity contribution in [2.75, 3.05) is 0 Å². The molecule has 3 atom stereocenters. The van der Waals surface area contributed by atoms with E-state index in [-0.39, 0.29) is 6.42 Å². The lowest BCUT2D eigenvalue weighted by molar-refractivity contribution is -0.195. The van der Waals surface area contributed by atoms with Crippen LogP contribution in [0.4, 0.5) is 26.3 Å². The molecular weight excluding hydrogens is 290 g/mol. The lowest BCUT2D eigenvalue weighted by Crippen LogP contribution is -2.37. The van der Waals surface area contributed by atoms with Gasteiger partial charge in [-0.2, -0.15) is 26.3 Å². The van der Waals surface area contributed by atoms with Crippen molar-refractivity contribution in [3.8, 4) is 0 Å². The number of hydrogen-bond acceptors (Lipinski definition) is 1. The van der Waals surface area contributed by atoms with Crippen LogP contribution in [0, 0.1) is 17.8 Å². The van der Waals surface area contributed by atoms with Gasteiger partial charge < -0.3 is 5.11 Å². The van der Waals surface area contributed by atoms with Crippen molar-refractivity contribution in [3.63, 3.8) is 0 Å². The van der Waals surface area contributed by atoms with Crippen LogP contribution in [0.1, 0.15) is 13.3 Å². The quantitative estimate of drug-likeness (QED) is 0.801. The lowest BCUT2D eigenvalue weighted by Gasteiger charge is -2.29. The average molecular weight is 302 g/mol. The molecule has 0 saturated heterocycles. The maximum absolute atomic E-state index is 12.6. The first kappa shape index (κ1) is 16.6. The third-order valence-electron chi connectivity index (χ3n) is 3.26. The summed E-state index contributed by atoms with van der Waals surface area (Å²) in [4.78, 5) is 11.0. The molecule has 0 heterocycles. The Balaban J connectivity index is 2.92. The molecule has 0 radical (unpaired) electrons. The zero-order valence-electron chi connectivity index (χ0n) is 10.3. The highest BCUT2D eigenvalue weighted by molar-refractivity contribution is 5.71. The zero-order chi connectivity index (χ0) is 15.7. The van der Waals surface area contributed by atoms with Crippen LogP contribution >= 0.6 is 0 Å². The summed E-state index contributed by atoms with van der Waals surface area (Å²) in [5.74, 6) is -6.74. The molecule has 0 fully saturated rings. The highest BCUT2D eigenvalue weighted by Crippen LogP contribution is 2.40. The first-order valence-corrected chi connectivity index (χ1v) is 5.69. The topological polar surface area (TPSA) is 37.3 Å². The minimum Gasteiger partial charge on any atom is -0.481 e. The number of carboxylic acids is 1. The summed E-state index contributed by atoms with van der Waals surface area (Å²) >= 11 is 0. The summed E-state index contributed by atoms with van der Waals surface area (Å²) in [6.45, 7) is 0.718. The zero-order valence-corrected chi connectivity index (χ0v) is 10.3. The van der Waals surface area contributed by atoms with E-state index >= 15 is 0 Å². The molecule has 0 aliphatic heterocycles. The number of allylic oxidation sites excluding steroid dienone is 4. The van der Waals surface area contributed by atoms with Crippen molar-refractivity contribution in [2.45, 2.75) is 25.7 Å². The molecule has 0 amide bonds. The number of hydrogen-bond donors (Lipinski definition) is 1. The predicted molar refractivity (Wildman–Crippen MR) is 57.7 cm³/mol. The second-order valence-electron chi connectivity index (χ2n) is 4.61. The summed E-state index contributed by atoms with van der Waals surface area (Å²) in [6, 6.07) is 0. The number of rotatable bonds is 3. The van der Waals surface area contributed by atoms with Crippen LogP contribution in [0.5, 0.6) is 0 Å². The molecule has 0 aromatic rings. The number of carboxylic acid groups (broad SMARTS) is 1. The molecule has 1 unspecified atom stereocenters. The Labute approximate surface area is 110 Å². The first-order chi connectivity index (χ1) is 8.94. The predicted octanol–water partition coefficient (Wildman–Crippen LogP) is 3.95. The standard InChI is InChI=1S/C12H12F6O2/c1-6(11(13,14)15)9(10(19)20)7-2-4-8(5-3-7)12(16,17)18/h2,4-7,9H,3H2,1H3,(H,19,20)/t6-,7?,9+/m1/s1. The fourth-order valence-electron chi connectivity index (χ4n) is 2.08. The molecule has 1 N–H and O–H groups in total. The van der Waals surface area contributed by atoms with Crippen molar-refractivity contribution >= 4 is 5.97 Å². The van der Waals surface area contributed by atoms with Gasteiger partial charge in [-0.05, 0) is 12.3 Å². The van der Waals surface area contributed by atoms with E-state index in [4.69, 9.17) is 5.11 Å². The molecule has 0 saturated carbocycles. The third kappa shape index (κ3) is 3.77. The van der Waals surface area contributed by atoms with Gasteiger partial charge in [0.1, 0.15) is 0 Å². The second-order valence-corrected chi connectivity index (χ2v) is 4.61. The van der Waals surface area contributed by atoms with Gasteiger partial charge in [0.25, 0.3) is 0 Å². The number of halogens is 6. The van der Waals surface area contributed by atoms with Crippen LogP contribution in [0.3, 0.4) is 0 Å². The van der Waals surface area contributed by atoms with Crippen molar-refractivity contribution in [1.82, 2.24) is 0 Å². The summed E-state index contributed by atoms with van der Waals surface area (Å²) in [6.07, 6.45) is -7.44. The van der Waals surface area contributed by atoms with E-state index in [0.717, 1.165) is 19.1 Å². The minimum absolute atomic E-state index is 0.386. The summed E-state index contributed by atoms with van der Waals surface area (Å²) in [5, 5.41) is 8.91. The van der Waals surface area contributed by atoms with Gasteiger partial charge >= 0.3 is 18.3 Å². The van der Waals surface area contributed by atoms with E-state index in [0.29, 0.717) is 6.08 Å². The van der Waals surface area contributed by atoms with Gasteiger partial charge in [0, 0.05) is 0 Å². The van der Waals surface area contributed by atoms with Gasteiger partial charge in [-0.15, -0.1) is 0 Å². The van der Waals surface area contributed by atoms with Crippen molar-refractivity contribution in [1.29, 1.82) is 0 Å². The fraction of sp³-hybridized carbons (Fsp3) is 0.583. The molecular formula is C12H12F6O2. The Bertz CT molecular complexity index is 432. The van der Waals surface area contributed by atoms with Crippen LogP contribution in [-0.2, 0) is 4.79 Å². The molecule has 8 heteroatoms. The number of alkyl halides is 6. The molecule has 1 aliphatic rings. The van der Waals surface area contributed by atoms with E-state index < -0.39 is 41.6 Å². The SMILES string of the molecule is C[C@H]([C@H](C(=O)O)C1C=CC(C(F)(F)F)=CC1)C(F)(F)F. The first-order valence-electron chi connectivity index (χ1n) is 5.69. The largest absolute Gasteiger partial charge is 0.481 e. The van der Waals surface area contributed by atoms with E-state index in [1.54, 1.807) is 0 Å². The number of aliphatic carboxylic acids is 1. The van der Waals surface area contributed by atoms with E-state index in [1.165, 1.54) is 0 Å². The Morgan fingerprint density at radius 2 is 1.85 bits per heavy atom. The lowest BCUT2D eigenvalue weighted by atomic mass is 9.78. The Hall–Kier alpha value is -1.47. The normalized spacial score (nSPS) is 23.1. The molecule has 0 spiro atoms. The second kappa shape index (κ2) is 5.49. The smallest absolute Gasteiger partial charge is 0.416 e. The van der Waals surface area contributed by atoms with Crippen LogP contribution in [-0.4, -0.2) is 23.4 Å². The fourth-order valence-corrected chi connectivity index (χ4v) is 2.08. The summed E-state index contributed by atoms with van der Waals surface area (Å²) in [7, 11) is 0. The van der Waals surface area contributed by atoms with Gasteiger partial charge in [0.15, 0.2) is 0 Å². The van der Waals surface area contributed by atoms with Crippen LogP contribution in [0.15, 0.2) is 23.8 Å². The molecule has 114 valence electrons. The van der Waals surface area contributed by atoms with Crippen molar-refractivity contribution < 1.29 is 36.2 Å². The number of carbonyl (C=O) groups is 1. The third-order valence-corrected chi connectivity index (χ3v) is 3.26. The summed E-state index contributed by atoms with van der Waals surface area (Å²) < 4.78 is 74.9. The molecule has 0 aromatic carbocycles. The van der Waals surface area contributed by atoms with Crippen molar-refractivity contribution in [3.05, 3.63) is 23.8 Å². The maximum atomic E-state index is 12.6. The Morgan fingerprint density at radius 3 is 2.15 bits per heavy atom. The van der Waals surface area contributed by atoms with Crippen LogP contribution < -0.4 is 0 Å².